The first-order chi connectivity index (χ1) is 6.70. The molecule has 0 fully saturated rings. The monoisotopic (exact) mass is 211 g/mol. The summed E-state index contributed by atoms with van der Waals surface area (Å²) >= 11 is 5.96. The number of carboxylic acid groups (broad SMARTS) is 1. The molecule has 0 amide bonds. The van der Waals surface area contributed by atoms with Gasteiger partial charge in [-0.05, 0) is 18.1 Å². The number of halogens is 1. The first-order valence-electron chi connectivity index (χ1n) is 4.45. The van der Waals surface area contributed by atoms with Gasteiger partial charge in [0, 0.05) is 18.3 Å². The Bertz CT molecular complexity index is 367. The van der Waals surface area contributed by atoms with Gasteiger partial charge in [-0.25, -0.2) is 0 Å². The van der Waals surface area contributed by atoms with Crippen LogP contribution >= 0.6 is 11.8 Å². The van der Waals surface area contributed by atoms with Crippen molar-refractivity contribution < 1.29 is 9.90 Å². The van der Waals surface area contributed by atoms with Gasteiger partial charge in [0.15, 0.2) is 0 Å². The van der Waals surface area contributed by atoms with Gasteiger partial charge >= 0.3 is 5.97 Å². The molecule has 2 rings (SSSR count). The van der Waals surface area contributed by atoms with E-state index in [1.54, 1.807) is 4.42 Å². The summed E-state index contributed by atoms with van der Waals surface area (Å²) in [5.41, 5.74) is 1.62. The summed E-state index contributed by atoms with van der Waals surface area (Å²) in [5.74, 6) is -1.19. The predicted molar refractivity (Wildman–Crippen MR) is 54.6 cm³/mol. The van der Waals surface area contributed by atoms with Crippen LogP contribution in [0.4, 0.5) is 5.69 Å². The molecule has 0 aromatic heterocycles. The number of carbonyl (C=O) groups is 1. The Morgan fingerprint density at radius 2 is 2.21 bits per heavy atom. The molecule has 0 bridgehead atoms. The summed E-state index contributed by atoms with van der Waals surface area (Å²) in [4.78, 5) is 11.0. The number of para-hydroxylation sites is 1. The lowest BCUT2D eigenvalue weighted by atomic mass is 9.91. The number of rotatable bonds is 1. The van der Waals surface area contributed by atoms with Crippen LogP contribution in [0.1, 0.15) is 17.9 Å². The van der Waals surface area contributed by atoms with E-state index in [2.05, 4.69) is 0 Å². The van der Waals surface area contributed by atoms with Crippen molar-refractivity contribution in [2.75, 3.05) is 11.0 Å². The standard InChI is InChI=1S/C10H10ClNO2/c11-12-6-5-8(10(13)14)7-3-1-2-4-9(7)12/h1-4,8H,5-6H2,(H,13,14). The van der Waals surface area contributed by atoms with Crippen LogP contribution in [0, 0.1) is 0 Å². The molecule has 0 radical (unpaired) electrons. The first kappa shape index (κ1) is 9.34. The van der Waals surface area contributed by atoms with Gasteiger partial charge in [0.25, 0.3) is 0 Å². The van der Waals surface area contributed by atoms with Crippen LogP contribution in [0.15, 0.2) is 24.3 Å². The third-order valence-corrected chi connectivity index (χ3v) is 2.84. The lowest BCUT2D eigenvalue weighted by molar-refractivity contribution is -0.139. The van der Waals surface area contributed by atoms with Crippen molar-refractivity contribution in [2.24, 2.45) is 0 Å². The van der Waals surface area contributed by atoms with E-state index in [0.717, 1.165) is 11.3 Å². The molecular formula is C10H10ClNO2. The SMILES string of the molecule is O=C(O)C1CCN(Cl)c2ccccc21. The van der Waals surface area contributed by atoms with Gasteiger partial charge in [-0.1, -0.05) is 18.2 Å². The van der Waals surface area contributed by atoms with Crippen LogP contribution in [0.3, 0.4) is 0 Å². The van der Waals surface area contributed by atoms with E-state index in [1.807, 2.05) is 24.3 Å². The largest absolute Gasteiger partial charge is 0.481 e. The average Bonchev–Trinajstić information content (AvgIpc) is 2.18. The van der Waals surface area contributed by atoms with Crippen molar-refractivity contribution in [3.8, 4) is 0 Å². The van der Waals surface area contributed by atoms with Gasteiger partial charge in [-0.3, -0.25) is 9.21 Å². The highest BCUT2D eigenvalue weighted by atomic mass is 35.5. The molecule has 1 atom stereocenters. The molecule has 4 heteroatoms. The van der Waals surface area contributed by atoms with Crippen molar-refractivity contribution in [3.63, 3.8) is 0 Å². The van der Waals surface area contributed by atoms with E-state index >= 15 is 0 Å². The molecule has 0 aliphatic carbocycles. The zero-order valence-corrected chi connectivity index (χ0v) is 8.24. The van der Waals surface area contributed by atoms with Crippen LogP contribution in [-0.4, -0.2) is 17.6 Å². The summed E-state index contributed by atoms with van der Waals surface area (Å²) < 4.78 is 1.58. The van der Waals surface area contributed by atoms with Gasteiger partial charge in [0.1, 0.15) is 0 Å². The second kappa shape index (κ2) is 3.50. The fourth-order valence-electron chi connectivity index (χ4n) is 1.78. The van der Waals surface area contributed by atoms with Crippen molar-refractivity contribution in [1.29, 1.82) is 0 Å². The maximum absolute atomic E-state index is 11.0. The smallest absolute Gasteiger partial charge is 0.311 e. The van der Waals surface area contributed by atoms with Crippen molar-refractivity contribution in [3.05, 3.63) is 29.8 Å². The molecule has 1 N–H and O–H groups in total. The summed E-state index contributed by atoms with van der Waals surface area (Å²) in [5, 5.41) is 9.01. The molecule has 74 valence electrons. The lowest BCUT2D eigenvalue weighted by Crippen LogP contribution is -2.26. The second-order valence-electron chi connectivity index (χ2n) is 3.32. The Morgan fingerprint density at radius 1 is 1.50 bits per heavy atom. The third kappa shape index (κ3) is 1.44. The Balaban J connectivity index is 2.46. The molecule has 1 aliphatic rings. The number of hydrogen-bond acceptors (Lipinski definition) is 2. The van der Waals surface area contributed by atoms with Crippen molar-refractivity contribution >= 4 is 23.4 Å². The van der Waals surface area contributed by atoms with Gasteiger partial charge in [0.2, 0.25) is 0 Å². The predicted octanol–water partition coefficient (Wildman–Crippen LogP) is 2.22. The molecule has 0 saturated carbocycles. The number of anilines is 1. The fourth-order valence-corrected chi connectivity index (χ4v) is 2.03. The summed E-state index contributed by atoms with van der Waals surface area (Å²) in [6.07, 6.45) is 0.565. The zero-order chi connectivity index (χ0) is 10.1. The van der Waals surface area contributed by atoms with Crippen LogP contribution in [-0.2, 0) is 4.79 Å². The van der Waals surface area contributed by atoms with E-state index in [9.17, 15) is 4.79 Å². The van der Waals surface area contributed by atoms with Gasteiger partial charge in [-0.2, -0.15) is 0 Å². The number of hydrogen-bond donors (Lipinski definition) is 1. The Labute approximate surface area is 87.0 Å². The molecule has 14 heavy (non-hydrogen) atoms. The molecule has 1 unspecified atom stereocenters. The number of nitrogens with zero attached hydrogens (tertiary/aromatic N) is 1. The highest BCUT2D eigenvalue weighted by molar-refractivity contribution is 6.26. The minimum atomic E-state index is -0.776. The van der Waals surface area contributed by atoms with Crippen LogP contribution in [0.2, 0.25) is 0 Å². The van der Waals surface area contributed by atoms with Crippen LogP contribution in [0.5, 0.6) is 0 Å². The molecule has 1 heterocycles. The Morgan fingerprint density at radius 3 is 2.93 bits per heavy atom. The van der Waals surface area contributed by atoms with Crippen LogP contribution in [0.25, 0.3) is 0 Å². The first-order valence-corrected chi connectivity index (χ1v) is 4.79. The van der Waals surface area contributed by atoms with Gasteiger partial charge in [-0.15, -0.1) is 0 Å². The molecule has 1 aliphatic heterocycles. The van der Waals surface area contributed by atoms with E-state index in [1.165, 1.54) is 0 Å². The minimum Gasteiger partial charge on any atom is -0.481 e. The van der Waals surface area contributed by atoms with E-state index in [0.29, 0.717) is 13.0 Å². The third-order valence-electron chi connectivity index (χ3n) is 2.49. The molecule has 0 saturated heterocycles. The molecular weight excluding hydrogens is 202 g/mol. The lowest BCUT2D eigenvalue weighted by Gasteiger charge is -2.28. The number of benzene rings is 1. The molecule has 1 aromatic rings. The molecule has 1 aromatic carbocycles. The maximum atomic E-state index is 11.0. The van der Waals surface area contributed by atoms with E-state index < -0.39 is 11.9 Å². The zero-order valence-electron chi connectivity index (χ0n) is 7.48. The average molecular weight is 212 g/mol. The second-order valence-corrected chi connectivity index (χ2v) is 3.73. The van der Waals surface area contributed by atoms with Gasteiger partial charge in [0.05, 0.1) is 11.6 Å². The normalized spacial score (nSPS) is 20.4. The highest BCUT2D eigenvalue weighted by Crippen LogP contribution is 2.35. The van der Waals surface area contributed by atoms with E-state index in [-0.39, 0.29) is 0 Å². The summed E-state index contributed by atoms with van der Waals surface area (Å²) in [6, 6.07) is 7.36. The summed E-state index contributed by atoms with van der Waals surface area (Å²) in [7, 11) is 0. The number of carboxylic acids is 1. The Hall–Kier alpha value is -1.22. The van der Waals surface area contributed by atoms with Crippen molar-refractivity contribution in [1.82, 2.24) is 0 Å². The summed E-state index contributed by atoms with van der Waals surface area (Å²) in [6.45, 7) is 0.579. The van der Waals surface area contributed by atoms with Gasteiger partial charge < -0.3 is 5.11 Å². The quantitative estimate of drug-likeness (QED) is 0.725. The van der Waals surface area contributed by atoms with E-state index in [4.69, 9.17) is 16.9 Å². The topological polar surface area (TPSA) is 40.5 Å². The minimum absolute atomic E-state index is 0.416. The molecule has 0 spiro atoms. The Kier molecular flexibility index (Phi) is 2.33. The maximum Gasteiger partial charge on any atom is 0.311 e. The van der Waals surface area contributed by atoms with Crippen molar-refractivity contribution in [2.45, 2.75) is 12.3 Å². The molecule has 3 nitrogen and oxygen atoms in total. The van der Waals surface area contributed by atoms with Crippen LogP contribution < -0.4 is 4.42 Å². The number of fused-ring (bicyclic) bond motifs is 1. The number of aliphatic carboxylic acids is 1. The fraction of sp³-hybridized carbons (Fsp3) is 0.300. The highest BCUT2D eigenvalue weighted by Gasteiger charge is 2.28.